The van der Waals surface area contributed by atoms with Crippen LogP contribution in [0.25, 0.3) is 5.57 Å². The molecule has 0 radical (unpaired) electrons. The lowest BCUT2D eigenvalue weighted by Crippen LogP contribution is -2.50. The SMILES string of the molecule is CC(C)(C)CC(C)(C)C1(C(F)(F)F)C=C(c2ccccc2)C(O)=CC1. The molecule has 2 rings (SSSR count). The van der Waals surface area contributed by atoms with Crippen LogP contribution in [-0.4, -0.2) is 11.3 Å². The Morgan fingerprint density at radius 2 is 1.56 bits per heavy atom. The van der Waals surface area contributed by atoms with Crippen molar-refractivity contribution in [3.63, 3.8) is 0 Å². The third-order valence-corrected chi connectivity index (χ3v) is 5.05. The molecule has 0 amide bonds. The van der Waals surface area contributed by atoms with Crippen LogP contribution in [0.4, 0.5) is 13.2 Å². The first kappa shape index (κ1) is 19.6. The molecule has 1 N–H and O–H groups in total. The molecule has 138 valence electrons. The molecular formula is C21H27F3O. The second kappa shape index (κ2) is 6.22. The minimum atomic E-state index is -4.42. The Bertz CT molecular complexity index is 675. The third kappa shape index (κ3) is 3.78. The van der Waals surface area contributed by atoms with Crippen LogP contribution in [0.5, 0.6) is 0 Å². The van der Waals surface area contributed by atoms with Gasteiger partial charge in [-0.15, -0.1) is 0 Å². The van der Waals surface area contributed by atoms with E-state index < -0.39 is 17.0 Å². The summed E-state index contributed by atoms with van der Waals surface area (Å²) in [5, 5.41) is 10.2. The first-order valence-corrected chi connectivity index (χ1v) is 8.54. The summed E-state index contributed by atoms with van der Waals surface area (Å²) in [5.74, 6) is -0.0855. The largest absolute Gasteiger partial charge is 0.508 e. The molecule has 0 spiro atoms. The Morgan fingerprint density at radius 3 is 2.04 bits per heavy atom. The topological polar surface area (TPSA) is 20.2 Å². The molecule has 4 heteroatoms. The number of aliphatic hydroxyl groups excluding tert-OH is 1. The molecule has 0 heterocycles. The minimum absolute atomic E-state index is 0.0855. The summed E-state index contributed by atoms with van der Waals surface area (Å²) in [7, 11) is 0. The highest BCUT2D eigenvalue weighted by Crippen LogP contribution is 2.60. The van der Waals surface area contributed by atoms with Gasteiger partial charge in [0.2, 0.25) is 0 Å². The van der Waals surface area contributed by atoms with E-state index in [1.807, 2.05) is 20.8 Å². The Hall–Kier alpha value is -1.71. The van der Waals surface area contributed by atoms with Gasteiger partial charge in [-0.2, -0.15) is 13.2 Å². The van der Waals surface area contributed by atoms with Crippen molar-refractivity contribution in [3.8, 4) is 0 Å². The molecule has 0 saturated carbocycles. The van der Waals surface area contributed by atoms with Gasteiger partial charge in [0.15, 0.2) is 0 Å². The number of allylic oxidation sites excluding steroid dienone is 3. The van der Waals surface area contributed by atoms with E-state index in [0.717, 1.165) is 0 Å². The van der Waals surface area contributed by atoms with E-state index >= 15 is 0 Å². The summed E-state index contributed by atoms with van der Waals surface area (Å²) in [6, 6.07) is 8.76. The molecule has 0 saturated heterocycles. The van der Waals surface area contributed by atoms with Crippen molar-refractivity contribution < 1.29 is 18.3 Å². The molecule has 25 heavy (non-hydrogen) atoms. The van der Waals surface area contributed by atoms with Gasteiger partial charge in [0.25, 0.3) is 0 Å². The fourth-order valence-electron chi connectivity index (χ4n) is 4.13. The molecule has 1 aromatic carbocycles. The molecule has 0 bridgehead atoms. The van der Waals surface area contributed by atoms with E-state index in [1.54, 1.807) is 44.2 Å². The zero-order valence-corrected chi connectivity index (χ0v) is 15.5. The van der Waals surface area contributed by atoms with E-state index in [1.165, 1.54) is 12.2 Å². The number of alkyl halides is 3. The van der Waals surface area contributed by atoms with Crippen molar-refractivity contribution in [3.05, 3.63) is 53.8 Å². The monoisotopic (exact) mass is 352 g/mol. The van der Waals surface area contributed by atoms with Gasteiger partial charge in [-0.1, -0.05) is 71.0 Å². The zero-order chi connectivity index (χ0) is 19.1. The van der Waals surface area contributed by atoms with Gasteiger partial charge in [0, 0.05) is 5.57 Å². The predicted octanol–water partition coefficient (Wildman–Crippen LogP) is 6.93. The summed E-state index contributed by atoms with van der Waals surface area (Å²) < 4.78 is 43.0. The van der Waals surface area contributed by atoms with Gasteiger partial charge >= 0.3 is 6.18 Å². The Balaban J connectivity index is 2.64. The first-order valence-electron chi connectivity index (χ1n) is 8.54. The fourth-order valence-corrected chi connectivity index (χ4v) is 4.13. The average Bonchev–Trinajstić information content (AvgIpc) is 2.44. The normalized spacial score (nSPS) is 22.4. The maximum absolute atomic E-state index is 14.3. The van der Waals surface area contributed by atoms with Crippen LogP contribution in [0.1, 0.15) is 53.0 Å². The summed E-state index contributed by atoms with van der Waals surface area (Å²) in [5.41, 5.74) is -2.45. The summed E-state index contributed by atoms with van der Waals surface area (Å²) in [4.78, 5) is 0. The lowest BCUT2D eigenvalue weighted by molar-refractivity contribution is -0.243. The lowest BCUT2D eigenvalue weighted by Gasteiger charge is -2.49. The molecule has 0 aliphatic heterocycles. The maximum atomic E-state index is 14.3. The van der Waals surface area contributed by atoms with Crippen molar-refractivity contribution >= 4 is 5.57 Å². The van der Waals surface area contributed by atoms with E-state index in [4.69, 9.17) is 0 Å². The fraction of sp³-hybridized carbons (Fsp3) is 0.524. The van der Waals surface area contributed by atoms with E-state index in [0.29, 0.717) is 12.0 Å². The second-order valence-electron chi connectivity index (χ2n) is 8.81. The van der Waals surface area contributed by atoms with Crippen LogP contribution in [0.3, 0.4) is 0 Å². The Labute approximate surface area is 148 Å². The Morgan fingerprint density at radius 1 is 1.00 bits per heavy atom. The molecule has 1 nitrogen and oxygen atoms in total. The second-order valence-corrected chi connectivity index (χ2v) is 8.81. The van der Waals surface area contributed by atoms with Gasteiger partial charge in [-0.25, -0.2) is 0 Å². The summed E-state index contributed by atoms with van der Waals surface area (Å²) >= 11 is 0. The Kier molecular flexibility index (Phi) is 4.88. The van der Waals surface area contributed by atoms with Crippen LogP contribution in [-0.2, 0) is 0 Å². The lowest BCUT2D eigenvalue weighted by atomic mass is 9.56. The highest BCUT2D eigenvalue weighted by atomic mass is 19.4. The summed E-state index contributed by atoms with van der Waals surface area (Å²) in [6.45, 7) is 9.23. The predicted molar refractivity (Wildman–Crippen MR) is 96.1 cm³/mol. The van der Waals surface area contributed by atoms with Crippen LogP contribution >= 0.6 is 0 Å². The van der Waals surface area contributed by atoms with Gasteiger partial charge in [0.05, 0.1) is 5.41 Å². The standard InChI is InChI=1S/C21H27F3O/c1-18(2,3)14-19(4,5)20(21(22,23)24)12-11-17(25)16(13-20)15-9-7-6-8-10-15/h6-11,13,25H,12,14H2,1-5H3. The number of hydrogen-bond donors (Lipinski definition) is 1. The van der Waals surface area contributed by atoms with E-state index in [9.17, 15) is 18.3 Å². The molecular weight excluding hydrogens is 325 g/mol. The number of aliphatic hydroxyl groups is 1. The van der Waals surface area contributed by atoms with Crippen LogP contribution in [0, 0.1) is 16.2 Å². The van der Waals surface area contributed by atoms with Crippen molar-refractivity contribution in [2.45, 2.75) is 53.6 Å². The molecule has 1 aliphatic rings. The smallest absolute Gasteiger partial charge is 0.398 e. The van der Waals surface area contributed by atoms with Crippen LogP contribution < -0.4 is 0 Å². The molecule has 1 aromatic rings. The zero-order valence-electron chi connectivity index (χ0n) is 15.5. The van der Waals surface area contributed by atoms with Crippen molar-refractivity contribution in [2.75, 3.05) is 0 Å². The van der Waals surface area contributed by atoms with Crippen molar-refractivity contribution in [1.82, 2.24) is 0 Å². The van der Waals surface area contributed by atoms with Crippen LogP contribution in [0.15, 0.2) is 48.2 Å². The highest BCUT2D eigenvalue weighted by Gasteiger charge is 2.62. The molecule has 1 aliphatic carbocycles. The number of benzene rings is 1. The molecule has 0 fully saturated rings. The van der Waals surface area contributed by atoms with Gasteiger partial charge in [-0.05, 0) is 35.3 Å². The number of hydrogen-bond acceptors (Lipinski definition) is 1. The first-order chi connectivity index (χ1) is 11.3. The third-order valence-electron chi connectivity index (χ3n) is 5.05. The van der Waals surface area contributed by atoms with Gasteiger partial charge < -0.3 is 5.11 Å². The van der Waals surface area contributed by atoms with Gasteiger partial charge in [-0.3, -0.25) is 0 Å². The molecule has 1 atom stereocenters. The number of halogens is 3. The average molecular weight is 352 g/mol. The highest BCUT2D eigenvalue weighted by molar-refractivity contribution is 5.78. The van der Waals surface area contributed by atoms with Crippen molar-refractivity contribution in [2.24, 2.45) is 16.2 Å². The van der Waals surface area contributed by atoms with Gasteiger partial charge in [0.1, 0.15) is 5.76 Å². The molecule has 0 aromatic heterocycles. The van der Waals surface area contributed by atoms with E-state index in [-0.39, 0.29) is 23.2 Å². The quantitative estimate of drug-likeness (QED) is 0.625. The molecule has 1 unspecified atom stereocenters. The summed E-state index contributed by atoms with van der Waals surface area (Å²) in [6.07, 6.45) is -1.68. The maximum Gasteiger partial charge on any atom is 0.398 e. The minimum Gasteiger partial charge on any atom is -0.508 e. The van der Waals surface area contributed by atoms with Crippen LogP contribution in [0.2, 0.25) is 0 Å². The van der Waals surface area contributed by atoms with E-state index in [2.05, 4.69) is 0 Å². The van der Waals surface area contributed by atoms with Crippen molar-refractivity contribution in [1.29, 1.82) is 0 Å². The number of rotatable bonds is 3.